The van der Waals surface area contributed by atoms with Gasteiger partial charge in [-0.25, -0.2) is 5.01 Å². The quantitative estimate of drug-likeness (QED) is 0.277. The third-order valence-corrected chi connectivity index (χ3v) is 7.76. The molecule has 0 radical (unpaired) electrons. The van der Waals surface area contributed by atoms with E-state index in [4.69, 9.17) is 4.74 Å². The van der Waals surface area contributed by atoms with Crippen molar-refractivity contribution in [2.24, 2.45) is 0 Å². The van der Waals surface area contributed by atoms with Gasteiger partial charge in [0.25, 0.3) is 5.91 Å². The molecule has 16 heteroatoms. The second-order valence-corrected chi connectivity index (χ2v) is 12.4. The van der Waals surface area contributed by atoms with Crippen LogP contribution < -0.4 is 10.6 Å². The first-order valence-electron chi connectivity index (χ1n) is 14.3. The highest BCUT2D eigenvalue weighted by Gasteiger charge is 2.45. The lowest BCUT2D eigenvalue weighted by atomic mass is 10.0. The summed E-state index contributed by atoms with van der Waals surface area (Å²) in [7, 11) is 0. The fraction of sp³-hybridized carbons (Fsp3) is 0.536. The van der Waals surface area contributed by atoms with Gasteiger partial charge >= 0.3 is 5.97 Å². The van der Waals surface area contributed by atoms with Crippen LogP contribution in [0.15, 0.2) is 35.5 Å². The predicted octanol–water partition coefficient (Wildman–Crippen LogP) is 0.573. The smallest absolute Gasteiger partial charge is 0.308 e. The van der Waals surface area contributed by atoms with Crippen molar-refractivity contribution in [2.45, 2.75) is 88.7 Å². The number of nitrogens with zero attached hydrogens (tertiary/aromatic N) is 6. The highest BCUT2D eigenvalue weighted by molar-refractivity contribution is 7.99. The van der Waals surface area contributed by atoms with Crippen molar-refractivity contribution in [1.29, 1.82) is 0 Å². The molecule has 2 aliphatic heterocycles. The molecular formula is C28H36N8O7S. The van der Waals surface area contributed by atoms with Crippen LogP contribution in [0, 0.1) is 0 Å². The summed E-state index contributed by atoms with van der Waals surface area (Å²) in [6.45, 7) is 6.55. The Morgan fingerprint density at radius 1 is 1.11 bits per heavy atom. The van der Waals surface area contributed by atoms with Gasteiger partial charge in [0.05, 0.1) is 23.9 Å². The van der Waals surface area contributed by atoms with Gasteiger partial charge in [0, 0.05) is 19.9 Å². The molecule has 0 spiro atoms. The standard InChI is InChI=1S/C28H36N8O7S/c1-17(37)29-19-12-13-23(39)34-14-8-11-21(36(34)26(19)42)25(41)30-20(15-24(40)43-28(2,3)4)22(38)16-44-27-31-32-33-35(27)18-9-6-5-7-10-18/h5-7,9-10,19-21H,8,11-16H2,1-4H3,(H,29,37)(H,30,41)/t19-,20-,21-/m0/s1. The van der Waals surface area contributed by atoms with Gasteiger partial charge in [-0.2, -0.15) is 4.68 Å². The molecule has 3 atom stereocenters. The van der Waals surface area contributed by atoms with Crippen molar-refractivity contribution in [3.8, 4) is 5.69 Å². The third-order valence-electron chi connectivity index (χ3n) is 6.82. The zero-order chi connectivity index (χ0) is 32.0. The molecule has 1 aromatic heterocycles. The number of carbonyl (C=O) groups excluding carboxylic acids is 6. The van der Waals surface area contributed by atoms with Crippen LogP contribution in [-0.2, 0) is 33.5 Å². The number of tetrazole rings is 1. The summed E-state index contributed by atoms with van der Waals surface area (Å²) in [5, 5.41) is 19.5. The summed E-state index contributed by atoms with van der Waals surface area (Å²) in [6, 6.07) is 5.65. The maximum absolute atomic E-state index is 13.7. The number of rotatable bonds is 10. The van der Waals surface area contributed by atoms with E-state index in [-0.39, 0.29) is 37.5 Å². The molecule has 1 aromatic carbocycles. The van der Waals surface area contributed by atoms with Crippen molar-refractivity contribution >= 4 is 47.1 Å². The molecule has 2 fully saturated rings. The molecule has 0 aliphatic carbocycles. The van der Waals surface area contributed by atoms with Gasteiger partial charge in [0.1, 0.15) is 17.7 Å². The number of carbonyl (C=O) groups is 6. The minimum absolute atomic E-state index is 0.0148. The second-order valence-electron chi connectivity index (χ2n) is 11.5. The molecule has 44 heavy (non-hydrogen) atoms. The highest BCUT2D eigenvalue weighted by Crippen LogP contribution is 2.26. The number of fused-ring (bicyclic) bond motifs is 1. The number of benzene rings is 1. The van der Waals surface area contributed by atoms with Crippen molar-refractivity contribution in [1.82, 2.24) is 40.9 Å². The average Bonchev–Trinajstić information content (AvgIpc) is 3.40. The first-order chi connectivity index (χ1) is 20.8. The molecular weight excluding hydrogens is 592 g/mol. The van der Waals surface area contributed by atoms with Crippen molar-refractivity contribution in [2.75, 3.05) is 12.3 Å². The van der Waals surface area contributed by atoms with Gasteiger partial charge in [-0.1, -0.05) is 30.0 Å². The lowest BCUT2D eigenvalue weighted by Crippen LogP contribution is -2.64. The molecule has 0 bridgehead atoms. The number of hydrogen-bond donors (Lipinski definition) is 2. The molecule has 2 saturated heterocycles. The Kier molecular flexibility index (Phi) is 10.3. The molecule has 15 nitrogen and oxygen atoms in total. The van der Waals surface area contributed by atoms with Crippen LogP contribution >= 0.6 is 11.8 Å². The van der Waals surface area contributed by atoms with Crippen LogP contribution in [0.2, 0.25) is 0 Å². The van der Waals surface area contributed by atoms with Crippen molar-refractivity contribution in [3.05, 3.63) is 30.3 Å². The zero-order valence-electron chi connectivity index (χ0n) is 25.0. The predicted molar refractivity (Wildman–Crippen MR) is 156 cm³/mol. The highest BCUT2D eigenvalue weighted by atomic mass is 32.2. The molecule has 236 valence electrons. The van der Waals surface area contributed by atoms with Crippen molar-refractivity contribution in [3.63, 3.8) is 0 Å². The molecule has 2 aromatic rings. The molecule has 0 saturated carbocycles. The Morgan fingerprint density at radius 3 is 2.52 bits per heavy atom. The lowest BCUT2D eigenvalue weighted by molar-refractivity contribution is -0.176. The fourth-order valence-electron chi connectivity index (χ4n) is 4.95. The number of thioether (sulfide) groups is 1. The molecule has 2 N–H and O–H groups in total. The van der Waals surface area contributed by atoms with E-state index in [1.165, 1.54) is 16.6 Å². The number of aromatic nitrogens is 4. The summed E-state index contributed by atoms with van der Waals surface area (Å²) in [6.07, 6.45) is 0.298. The van der Waals surface area contributed by atoms with Crippen LogP contribution in [0.5, 0.6) is 0 Å². The first-order valence-corrected chi connectivity index (χ1v) is 15.2. The number of hydrogen-bond acceptors (Lipinski definition) is 11. The Balaban J connectivity index is 1.53. The van der Waals surface area contributed by atoms with Gasteiger partial charge in [0.2, 0.25) is 22.9 Å². The maximum atomic E-state index is 13.7. The van der Waals surface area contributed by atoms with Crippen LogP contribution in [0.4, 0.5) is 0 Å². The SMILES string of the molecule is CC(=O)N[C@H]1CCC(=O)N2CCC[C@@H](C(=O)N[C@@H](CC(=O)OC(C)(C)C)C(=O)CSc3nnnn3-c3ccccc3)N2C1=O. The fourth-order valence-corrected chi connectivity index (χ4v) is 5.78. The first kappa shape index (κ1) is 32.6. The Morgan fingerprint density at radius 2 is 1.84 bits per heavy atom. The van der Waals surface area contributed by atoms with E-state index in [2.05, 4.69) is 26.2 Å². The minimum Gasteiger partial charge on any atom is -0.460 e. The number of esters is 1. The Hall–Kier alpha value is -4.34. The number of ether oxygens (including phenoxy) is 1. The maximum Gasteiger partial charge on any atom is 0.308 e. The lowest BCUT2D eigenvalue weighted by Gasteiger charge is -2.43. The summed E-state index contributed by atoms with van der Waals surface area (Å²) in [4.78, 5) is 78.1. The van der Waals surface area contributed by atoms with Crippen LogP contribution in [0.1, 0.15) is 59.8 Å². The molecule has 0 unspecified atom stereocenters. The van der Waals surface area contributed by atoms with E-state index in [0.29, 0.717) is 17.3 Å². The topological polar surface area (TPSA) is 186 Å². The van der Waals surface area contributed by atoms with E-state index >= 15 is 0 Å². The Labute approximate surface area is 258 Å². The van der Waals surface area contributed by atoms with Gasteiger partial charge in [-0.05, 0) is 62.6 Å². The summed E-state index contributed by atoms with van der Waals surface area (Å²) >= 11 is 1.03. The average molecular weight is 629 g/mol. The van der Waals surface area contributed by atoms with Crippen LogP contribution in [0.3, 0.4) is 0 Å². The van der Waals surface area contributed by atoms with Gasteiger partial charge < -0.3 is 15.4 Å². The largest absolute Gasteiger partial charge is 0.460 e. The summed E-state index contributed by atoms with van der Waals surface area (Å²) < 4.78 is 6.88. The molecule has 4 amide bonds. The van der Waals surface area contributed by atoms with Crippen LogP contribution in [-0.4, -0.2) is 102 Å². The van der Waals surface area contributed by atoms with Crippen LogP contribution in [0.25, 0.3) is 5.69 Å². The summed E-state index contributed by atoms with van der Waals surface area (Å²) in [5.41, 5.74) is -0.148. The summed E-state index contributed by atoms with van der Waals surface area (Å²) in [5.74, 6) is -3.49. The van der Waals surface area contributed by atoms with Gasteiger partial charge in [0.15, 0.2) is 5.78 Å². The number of nitrogens with one attached hydrogen (secondary N) is 2. The van der Waals surface area contributed by atoms with E-state index in [1.807, 2.05) is 18.2 Å². The van der Waals surface area contributed by atoms with Crippen molar-refractivity contribution < 1.29 is 33.5 Å². The Bertz CT molecular complexity index is 1410. The minimum atomic E-state index is -1.30. The van der Waals surface area contributed by atoms with Gasteiger partial charge in [-0.15, -0.1) is 5.10 Å². The molecule has 3 heterocycles. The zero-order valence-corrected chi connectivity index (χ0v) is 25.8. The normalized spacial score (nSPS) is 19.5. The second kappa shape index (κ2) is 14.0. The number of para-hydroxylation sites is 1. The van der Waals surface area contributed by atoms with Gasteiger partial charge in [-0.3, -0.25) is 33.8 Å². The monoisotopic (exact) mass is 628 g/mol. The third kappa shape index (κ3) is 8.18. The van der Waals surface area contributed by atoms with E-state index in [9.17, 15) is 28.8 Å². The number of Topliss-reactive ketones (excluding diaryl/α,β-unsaturated/α-hetero) is 1. The van der Waals surface area contributed by atoms with E-state index in [0.717, 1.165) is 16.8 Å². The number of amides is 4. The molecule has 2 aliphatic rings. The van der Waals surface area contributed by atoms with E-state index in [1.54, 1.807) is 32.9 Å². The molecule has 4 rings (SSSR count). The van der Waals surface area contributed by atoms with E-state index < -0.39 is 59.6 Å². The number of ketones is 1. The number of hydrazine groups is 1.